The highest BCUT2D eigenvalue weighted by atomic mass is 35.5. The lowest BCUT2D eigenvalue weighted by Gasteiger charge is -2.09. The number of carbonyl (C=O) groups is 2. The molecule has 0 aliphatic carbocycles. The molecule has 0 aliphatic heterocycles. The number of anilines is 1. The fourth-order valence-electron chi connectivity index (χ4n) is 1.89. The number of esters is 1. The number of nitrogens with one attached hydrogen (secondary N) is 1. The molecule has 2 aromatic carbocycles. The summed E-state index contributed by atoms with van der Waals surface area (Å²) in [5.41, 5.74) is 0.443. The van der Waals surface area contributed by atoms with Gasteiger partial charge in [-0.2, -0.15) is 14.0 Å². The number of benzene rings is 2. The van der Waals surface area contributed by atoms with Gasteiger partial charge in [0.1, 0.15) is 11.8 Å². The zero-order chi connectivity index (χ0) is 19.1. The predicted molar refractivity (Wildman–Crippen MR) is 88.2 cm³/mol. The maximum atomic E-state index is 12.1. The van der Waals surface area contributed by atoms with Crippen LogP contribution >= 0.6 is 11.6 Å². The van der Waals surface area contributed by atoms with E-state index < -0.39 is 25.1 Å². The lowest BCUT2D eigenvalue weighted by Crippen LogP contribution is -2.21. The second kappa shape index (κ2) is 8.78. The van der Waals surface area contributed by atoms with Crippen molar-refractivity contribution in [2.75, 3.05) is 11.9 Å². The van der Waals surface area contributed by atoms with Crippen LogP contribution in [0, 0.1) is 11.3 Å². The Hall–Kier alpha value is -3.18. The molecule has 0 bridgehead atoms. The van der Waals surface area contributed by atoms with Crippen LogP contribution in [0.25, 0.3) is 0 Å². The molecule has 0 fully saturated rings. The van der Waals surface area contributed by atoms with Crippen molar-refractivity contribution in [2.24, 2.45) is 0 Å². The van der Waals surface area contributed by atoms with Gasteiger partial charge in [-0.3, -0.25) is 4.79 Å². The van der Waals surface area contributed by atoms with Gasteiger partial charge in [0, 0.05) is 5.02 Å². The van der Waals surface area contributed by atoms with Gasteiger partial charge in [-0.05, 0) is 42.5 Å². The van der Waals surface area contributed by atoms with Gasteiger partial charge in [-0.1, -0.05) is 11.6 Å². The standard InChI is InChI=1S/C17H11ClF2N2O4/c18-12-4-1-11(8-21)14(7-12)22-15(23)9-25-16(24)10-2-5-13(6-3-10)26-17(19)20/h1-7,17H,9H2,(H,22,23). The second-order valence-corrected chi connectivity index (χ2v) is 5.27. The zero-order valence-electron chi connectivity index (χ0n) is 13.0. The predicted octanol–water partition coefficient (Wildman–Crippen LogP) is 3.61. The van der Waals surface area contributed by atoms with E-state index >= 15 is 0 Å². The van der Waals surface area contributed by atoms with Crippen LogP contribution in [0.4, 0.5) is 14.5 Å². The average molecular weight is 381 g/mol. The first-order chi connectivity index (χ1) is 12.4. The van der Waals surface area contributed by atoms with E-state index in [4.69, 9.17) is 21.6 Å². The molecule has 26 heavy (non-hydrogen) atoms. The maximum Gasteiger partial charge on any atom is 0.387 e. The highest BCUT2D eigenvalue weighted by Crippen LogP contribution is 2.20. The van der Waals surface area contributed by atoms with Crippen molar-refractivity contribution in [2.45, 2.75) is 6.61 Å². The Kier molecular flexibility index (Phi) is 6.47. The van der Waals surface area contributed by atoms with Gasteiger partial charge in [0.2, 0.25) is 0 Å². The minimum Gasteiger partial charge on any atom is -0.452 e. The molecule has 0 saturated heterocycles. The van der Waals surface area contributed by atoms with E-state index in [2.05, 4.69) is 10.1 Å². The quantitative estimate of drug-likeness (QED) is 0.773. The minimum atomic E-state index is -2.97. The van der Waals surface area contributed by atoms with Crippen molar-refractivity contribution in [3.05, 3.63) is 58.6 Å². The van der Waals surface area contributed by atoms with Crippen molar-refractivity contribution in [1.82, 2.24) is 0 Å². The Bertz CT molecular complexity index is 851. The number of nitriles is 1. The van der Waals surface area contributed by atoms with E-state index in [1.807, 2.05) is 6.07 Å². The number of halogens is 3. The van der Waals surface area contributed by atoms with E-state index in [0.29, 0.717) is 5.02 Å². The fraction of sp³-hybridized carbons (Fsp3) is 0.118. The Balaban J connectivity index is 1.92. The molecule has 2 rings (SSSR count). The van der Waals surface area contributed by atoms with Crippen LogP contribution in [-0.2, 0) is 9.53 Å². The molecular formula is C17H11ClF2N2O4. The van der Waals surface area contributed by atoms with Crippen molar-refractivity contribution in [3.63, 3.8) is 0 Å². The molecule has 0 heterocycles. The van der Waals surface area contributed by atoms with Gasteiger partial charge < -0.3 is 14.8 Å². The zero-order valence-corrected chi connectivity index (χ0v) is 13.8. The number of amides is 1. The number of carbonyl (C=O) groups excluding carboxylic acids is 2. The Morgan fingerprint density at radius 3 is 2.50 bits per heavy atom. The first-order valence-corrected chi connectivity index (χ1v) is 7.48. The smallest absolute Gasteiger partial charge is 0.387 e. The maximum absolute atomic E-state index is 12.1. The van der Waals surface area contributed by atoms with Crippen molar-refractivity contribution >= 4 is 29.2 Å². The van der Waals surface area contributed by atoms with Crippen molar-refractivity contribution < 1.29 is 27.8 Å². The number of alkyl halides is 2. The summed E-state index contributed by atoms with van der Waals surface area (Å²) in [6.45, 7) is -3.58. The van der Waals surface area contributed by atoms with Gasteiger partial charge in [-0.25, -0.2) is 4.79 Å². The van der Waals surface area contributed by atoms with Crippen LogP contribution in [0.2, 0.25) is 5.02 Å². The summed E-state index contributed by atoms with van der Waals surface area (Å²) in [5, 5.41) is 11.7. The molecule has 1 amide bonds. The minimum absolute atomic E-state index is 0.0554. The third-order valence-corrected chi connectivity index (χ3v) is 3.26. The van der Waals surface area contributed by atoms with Gasteiger partial charge in [0.15, 0.2) is 6.61 Å². The van der Waals surface area contributed by atoms with Gasteiger partial charge >= 0.3 is 12.6 Å². The molecule has 0 atom stereocenters. The summed E-state index contributed by atoms with van der Waals surface area (Å²) in [5.74, 6) is -1.61. The van der Waals surface area contributed by atoms with Gasteiger partial charge in [-0.15, -0.1) is 0 Å². The summed E-state index contributed by atoms with van der Waals surface area (Å²) < 4.78 is 33.1. The summed E-state index contributed by atoms with van der Waals surface area (Å²) in [6, 6.07) is 11.0. The SMILES string of the molecule is N#Cc1ccc(Cl)cc1NC(=O)COC(=O)c1ccc(OC(F)F)cc1. The molecule has 0 spiro atoms. The number of hydrogen-bond acceptors (Lipinski definition) is 5. The van der Waals surface area contributed by atoms with E-state index in [1.165, 1.54) is 42.5 Å². The third kappa shape index (κ3) is 5.43. The molecule has 2 aromatic rings. The largest absolute Gasteiger partial charge is 0.452 e. The molecule has 9 heteroatoms. The topological polar surface area (TPSA) is 88.4 Å². The van der Waals surface area contributed by atoms with Crippen LogP contribution < -0.4 is 10.1 Å². The first-order valence-electron chi connectivity index (χ1n) is 7.10. The summed E-state index contributed by atoms with van der Waals surface area (Å²) in [6.07, 6.45) is 0. The van der Waals surface area contributed by atoms with E-state index in [0.717, 1.165) is 0 Å². The molecule has 0 aromatic heterocycles. The van der Waals surface area contributed by atoms with Gasteiger partial charge in [0.05, 0.1) is 16.8 Å². The molecular weight excluding hydrogens is 370 g/mol. The monoisotopic (exact) mass is 380 g/mol. The summed E-state index contributed by atoms with van der Waals surface area (Å²) >= 11 is 5.81. The second-order valence-electron chi connectivity index (χ2n) is 4.83. The van der Waals surface area contributed by atoms with E-state index in [1.54, 1.807) is 0 Å². The highest BCUT2D eigenvalue weighted by Gasteiger charge is 2.13. The highest BCUT2D eigenvalue weighted by molar-refractivity contribution is 6.31. The molecule has 0 unspecified atom stereocenters. The van der Waals surface area contributed by atoms with Crippen LogP contribution in [0.15, 0.2) is 42.5 Å². The fourth-order valence-corrected chi connectivity index (χ4v) is 2.06. The first kappa shape index (κ1) is 19.1. The molecule has 6 nitrogen and oxygen atoms in total. The molecule has 134 valence electrons. The number of nitrogens with zero attached hydrogens (tertiary/aromatic N) is 1. The van der Waals surface area contributed by atoms with Crippen molar-refractivity contribution in [1.29, 1.82) is 5.26 Å². The van der Waals surface area contributed by atoms with Crippen molar-refractivity contribution in [3.8, 4) is 11.8 Å². The summed E-state index contributed by atoms with van der Waals surface area (Å²) in [7, 11) is 0. The Morgan fingerprint density at radius 2 is 1.88 bits per heavy atom. The molecule has 0 saturated carbocycles. The lowest BCUT2D eigenvalue weighted by atomic mass is 10.2. The lowest BCUT2D eigenvalue weighted by molar-refractivity contribution is -0.119. The third-order valence-electron chi connectivity index (χ3n) is 3.03. The molecule has 0 aliphatic rings. The van der Waals surface area contributed by atoms with E-state index in [-0.39, 0.29) is 22.6 Å². The summed E-state index contributed by atoms with van der Waals surface area (Å²) in [4.78, 5) is 23.7. The van der Waals surface area contributed by atoms with Crippen LogP contribution in [0.5, 0.6) is 5.75 Å². The molecule has 1 N–H and O–H groups in total. The number of rotatable bonds is 6. The van der Waals surface area contributed by atoms with Crippen LogP contribution in [0.3, 0.4) is 0 Å². The van der Waals surface area contributed by atoms with Crippen LogP contribution in [0.1, 0.15) is 15.9 Å². The van der Waals surface area contributed by atoms with Gasteiger partial charge in [0.25, 0.3) is 5.91 Å². The number of ether oxygens (including phenoxy) is 2. The number of hydrogen-bond donors (Lipinski definition) is 1. The van der Waals surface area contributed by atoms with E-state index in [9.17, 15) is 18.4 Å². The Morgan fingerprint density at radius 1 is 1.19 bits per heavy atom. The Labute approximate surface area is 151 Å². The van der Waals surface area contributed by atoms with Crippen LogP contribution in [-0.4, -0.2) is 25.1 Å². The normalized spacial score (nSPS) is 10.1. The average Bonchev–Trinajstić information content (AvgIpc) is 2.60. The molecule has 0 radical (unpaired) electrons.